The third-order valence-electron chi connectivity index (χ3n) is 2.11. The molecule has 0 nitrogen and oxygen atoms in total. The summed E-state index contributed by atoms with van der Waals surface area (Å²) in [5, 5.41) is 0. The molecule has 0 bridgehead atoms. The molecular formula is C15H30. The van der Waals surface area contributed by atoms with Crippen LogP contribution in [0.25, 0.3) is 0 Å². The van der Waals surface area contributed by atoms with Gasteiger partial charge in [0.2, 0.25) is 0 Å². The van der Waals surface area contributed by atoms with Crippen molar-refractivity contribution in [3.05, 3.63) is 34.4 Å². The van der Waals surface area contributed by atoms with E-state index in [0.717, 1.165) is 0 Å². The summed E-state index contributed by atoms with van der Waals surface area (Å²) in [7, 11) is 0. The summed E-state index contributed by atoms with van der Waals surface area (Å²) < 4.78 is 0. The molecule has 0 amide bonds. The fraction of sp³-hybridized carbons (Fsp3) is 0.600. The van der Waals surface area contributed by atoms with Crippen molar-refractivity contribution in [3.63, 3.8) is 0 Å². The van der Waals surface area contributed by atoms with Crippen LogP contribution in [0.5, 0.6) is 0 Å². The first-order valence-electron chi connectivity index (χ1n) is 5.65. The van der Waals surface area contributed by atoms with Crippen molar-refractivity contribution < 1.29 is 0 Å². The standard InChI is InChI=1S/C10H14.2C2H6.CH4/c1-7-5-9(3)10(4)6-8(7)2;2*1-2;/h5-6H,1-4H3;2*1-2H3;1H4. The number of aryl methyl sites for hydroxylation is 4. The molecule has 0 heterocycles. The van der Waals surface area contributed by atoms with Crippen LogP contribution >= 0.6 is 0 Å². The Morgan fingerprint density at radius 3 is 0.800 bits per heavy atom. The number of hydrogen-bond acceptors (Lipinski definition) is 0. The zero-order chi connectivity index (χ0) is 11.7. The quantitative estimate of drug-likeness (QED) is 0.522. The highest BCUT2D eigenvalue weighted by Gasteiger charge is 1.95. The Bertz CT molecular complexity index is 196. The molecule has 0 atom stereocenters. The second-order valence-electron chi connectivity index (χ2n) is 3.02. The van der Waals surface area contributed by atoms with Crippen LogP contribution < -0.4 is 0 Å². The van der Waals surface area contributed by atoms with Gasteiger partial charge in [0.25, 0.3) is 0 Å². The first-order chi connectivity index (χ1) is 6.61. The maximum absolute atomic E-state index is 2.24. The summed E-state index contributed by atoms with van der Waals surface area (Å²) in [6.07, 6.45) is 0. The third-order valence-corrected chi connectivity index (χ3v) is 2.11. The molecule has 0 fully saturated rings. The van der Waals surface area contributed by atoms with E-state index in [1.54, 1.807) is 0 Å². The van der Waals surface area contributed by atoms with Crippen molar-refractivity contribution in [1.82, 2.24) is 0 Å². The maximum Gasteiger partial charge on any atom is -0.0395 e. The Balaban J connectivity index is -0.000000258. The lowest BCUT2D eigenvalue weighted by molar-refractivity contribution is 1.24. The van der Waals surface area contributed by atoms with Crippen molar-refractivity contribution in [3.8, 4) is 0 Å². The summed E-state index contributed by atoms with van der Waals surface area (Å²) in [5.41, 5.74) is 5.57. The topological polar surface area (TPSA) is 0 Å². The van der Waals surface area contributed by atoms with E-state index in [2.05, 4.69) is 39.8 Å². The summed E-state index contributed by atoms with van der Waals surface area (Å²) in [6, 6.07) is 4.48. The minimum atomic E-state index is 0. The van der Waals surface area contributed by atoms with E-state index < -0.39 is 0 Å². The summed E-state index contributed by atoms with van der Waals surface area (Å²) in [4.78, 5) is 0. The van der Waals surface area contributed by atoms with Crippen molar-refractivity contribution in [2.75, 3.05) is 0 Å². The van der Waals surface area contributed by atoms with Crippen LogP contribution in [0.1, 0.15) is 57.4 Å². The van der Waals surface area contributed by atoms with Crippen molar-refractivity contribution in [2.24, 2.45) is 0 Å². The Morgan fingerprint density at radius 1 is 0.533 bits per heavy atom. The molecule has 0 spiro atoms. The molecule has 1 rings (SSSR count). The minimum Gasteiger partial charge on any atom is -0.0776 e. The van der Waals surface area contributed by atoms with Gasteiger partial charge in [-0.3, -0.25) is 0 Å². The van der Waals surface area contributed by atoms with Crippen LogP contribution in [0, 0.1) is 27.7 Å². The van der Waals surface area contributed by atoms with Gasteiger partial charge in [0.05, 0.1) is 0 Å². The van der Waals surface area contributed by atoms with E-state index in [9.17, 15) is 0 Å². The van der Waals surface area contributed by atoms with Crippen molar-refractivity contribution in [2.45, 2.75) is 62.8 Å². The number of benzene rings is 1. The molecule has 0 saturated heterocycles. The van der Waals surface area contributed by atoms with Crippen LogP contribution in [-0.2, 0) is 0 Å². The molecule has 1 aromatic carbocycles. The van der Waals surface area contributed by atoms with Crippen LogP contribution in [-0.4, -0.2) is 0 Å². The van der Waals surface area contributed by atoms with Crippen LogP contribution in [0.15, 0.2) is 12.1 Å². The summed E-state index contributed by atoms with van der Waals surface area (Å²) >= 11 is 0. The lowest BCUT2D eigenvalue weighted by Crippen LogP contribution is -1.86. The molecular weight excluding hydrogens is 180 g/mol. The molecule has 0 aliphatic carbocycles. The van der Waals surface area contributed by atoms with Gasteiger partial charge in [-0.15, -0.1) is 0 Å². The average Bonchev–Trinajstić information content (AvgIpc) is 2.21. The predicted octanol–water partition coefficient (Wildman–Crippen LogP) is 5.61. The zero-order valence-electron chi connectivity index (χ0n) is 11.2. The number of rotatable bonds is 0. The highest BCUT2D eigenvalue weighted by Crippen LogP contribution is 2.13. The molecule has 15 heavy (non-hydrogen) atoms. The highest BCUT2D eigenvalue weighted by atomic mass is 14.0. The Hall–Kier alpha value is -0.780. The minimum absolute atomic E-state index is 0. The lowest BCUT2D eigenvalue weighted by atomic mass is 10.0. The summed E-state index contributed by atoms with van der Waals surface area (Å²) in [6.45, 7) is 16.6. The highest BCUT2D eigenvalue weighted by molar-refractivity contribution is 5.35. The van der Waals surface area contributed by atoms with Crippen molar-refractivity contribution in [1.29, 1.82) is 0 Å². The van der Waals surface area contributed by atoms with E-state index in [1.807, 2.05) is 27.7 Å². The lowest BCUT2D eigenvalue weighted by Gasteiger charge is -2.04. The van der Waals surface area contributed by atoms with Gasteiger partial charge in [-0.2, -0.15) is 0 Å². The normalized spacial score (nSPS) is 7.47. The first kappa shape index (κ1) is 19.7. The van der Waals surface area contributed by atoms with Crippen molar-refractivity contribution >= 4 is 0 Å². The van der Waals surface area contributed by atoms with Gasteiger partial charge >= 0.3 is 0 Å². The smallest absolute Gasteiger partial charge is 0.0395 e. The molecule has 0 heteroatoms. The van der Waals surface area contributed by atoms with E-state index in [4.69, 9.17) is 0 Å². The molecule has 90 valence electrons. The Kier molecular flexibility index (Phi) is 14.9. The average molecular weight is 210 g/mol. The van der Waals surface area contributed by atoms with Gasteiger partial charge in [0, 0.05) is 0 Å². The van der Waals surface area contributed by atoms with E-state index in [0.29, 0.717) is 0 Å². The molecule has 0 aliphatic rings. The molecule has 1 aromatic rings. The zero-order valence-corrected chi connectivity index (χ0v) is 11.2. The monoisotopic (exact) mass is 210 g/mol. The van der Waals surface area contributed by atoms with Gasteiger partial charge in [-0.25, -0.2) is 0 Å². The van der Waals surface area contributed by atoms with Gasteiger partial charge in [-0.05, 0) is 49.9 Å². The fourth-order valence-corrected chi connectivity index (χ4v) is 1.10. The SMILES string of the molecule is C.CC.CC.Cc1cc(C)c(C)cc1C. The van der Waals surface area contributed by atoms with Gasteiger partial charge in [0.1, 0.15) is 0 Å². The molecule has 0 aliphatic heterocycles. The molecule has 0 radical (unpaired) electrons. The van der Waals surface area contributed by atoms with Gasteiger partial charge in [0.15, 0.2) is 0 Å². The van der Waals surface area contributed by atoms with Crippen LogP contribution in [0.4, 0.5) is 0 Å². The van der Waals surface area contributed by atoms with Gasteiger partial charge in [-0.1, -0.05) is 47.3 Å². The summed E-state index contributed by atoms with van der Waals surface area (Å²) in [5.74, 6) is 0. The third kappa shape index (κ3) is 7.18. The predicted molar refractivity (Wildman–Crippen MR) is 74.8 cm³/mol. The first-order valence-corrected chi connectivity index (χ1v) is 5.65. The molecule has 0 aromatic heterocycles. The second-order valence-corrected chi connectivity index (χ2v) is 3.02. The Labute approximate surface area is 97.7 Å². The molecule has 0 saturated carbocycles. The van der Waals surface area contributed by atoms with Crippen LogP contribution in [0.2, 0.25) is 0 Å². The van der Waals surface area contributed by atoms with Crippen LogP contribution in [0.3, 0.4) is 0 Å². The fourth-order valence-electron chi connectivity index (χ4n) is 1.10. The number of hydrogen-bond donors (Lipinski definition) is 0. The van der Waals surface area contributed by atoms with E-state index in [-0.39, 0.29) is 7.43 Å². The van der Waals surface area contributed by atoms with E-state index in [1.165, 1.54) is 22.3 Å². The largest absolute Gasteiger partial charge is 0.0776 e. The second kappa shape index (κ2) is 11.3. The van der Waals surface area contributed by atoms with E-state index >= 15 is 0 Å². The molecule has 0 N–H and O–H groups in total. The Morgan fingerprint density at radius 2 is 0.667 bits per heavy atom. The maximum atomic E-state index is 2.24. The van der Waals surface area contributed by atoms with Gasteiger partial charge < -0.3 is 0 Å². The molecule has 0 unspecified atom stereocenters.